The number of nitro benzene ring substituents is 1. The van der Waals surface area contributed by atoms with Crippen LogP contribution in [0.3, 0.4) is 0 Å². The van der Waals surface area contributed by atoms with Crippen molar-refractivity contribution in [3.05, 3.63) is 91.5 Å². The first-order valence-electron chi connectivity index (χ1n) is 9.80. The van der Waals surface area contributed by atoms with Gasteiger partial charge >= 0.3 is 5.97 Å². The lowest BCUT2D eigenvalue weighted by Gasteiger charge is -2.11. The minimum Gasteiger partial charge on any atom is -0.478 e. The molecule has 0 aliphatic carbocycles. The number of benzene rings is 2. The van der Waals surface area contributed by atoms with E-state index in [9.17, 15) is 34.4 Å². The van der Waals surface area contributed by atoms with Crippen LogP contribution >= 0.6 is 23.4 Å². The summed E-state index contributed by atoms with van der Waals surface area (Å²) in [6.07, 6.45) is 1.33. The summed E-state index contributed by atoms with van der Waals surface area (Å²) < 4.78 is 5.68. The van der Waals surface area contributed by atoms with Crippen molar-refractivity contribution in [2.24, 2.45) is 0 Å². The van der Waals surface area contributed by atoms with E-state index in [-0.39, 0.29) is 38.3 Å². The number of non-ortho nitro benzene ring substituents is 1. The maximum Gasteiger partial charge on any atom is 0.335 e. The van der Waals surface area contributed by atoms with E-state index in [0.29, 0.717) is 17.3 Å². The molecule has 0 saturated carbocycles. The predicted molar refractivity (Wildman–Crippen MR) is 126 cm³/mol. The number of carboxylic acids is 1. The molecule has 0 unspecified atom stereocenters. The molecule has 4 rings (SSSR count). The fourth-order valence-corrected chi connectivity index (χ4v) is 4.22. The van der Waals surface area contributed by atoms with Crippen LogP contribution in [0.5, 0.6) is 0 Å². The largest absolute Gasteiger partial charge is 0.478 e. The fraction of sp³-hybridized carbons (Fsp3) is 0.0435. The van der Waals surface area contributed by atoms with E-state index in [0.717, 1.165) is 17.0 Å². The average Bonchev–Trinajstić information content (AvgIpc) is 3.39. The zero-order chi connectivity index (χ0) is 25.3. The van der Waals surface area contributed by atoms with Crippen LogP contribution in [-0.4, -0.2) is 44.4 Å². The van der Waals surface area contributed by atoms with Crippen molar-refractivity contribution in [3.8, 4) is 11.3 Å². The summed E-state index contributed by atoms with van der Waals surface area (Å²) in [5, 5.41) is 19.5. The Hall–Kier alpha value is -4.22. The van der Waals surface area contributed by atoms with Crippen molar-refractivity contribution in [3.63, 3.8) is 0 Å². The van der Waals surface area contributed by atoms with E-state index < -0.39 is 34.4 Å². The Labute approximate surface area is 205 Å². The van der Waals surface area contributed by atoms with Crippen molar-refractivity contribution in [2.75, 3.05) is 6.54 Å². The molecule has 3 aromatic rings. The number of Topliss-reactive ketones (excluding diaryl/α,β-unsaturated/α-hetero) is 1. The zero-order valence-corrected chi connectivity index (χ0v) is 19.0. The number of nitrogens with zero attached hydrogens (tertiary/aromatic N) is 2. The van der Waals surface area contributed by atoms with Crippen LogP contribution in [0, 0.1) is 10.1 Å². The van der Waals surface area contributed by atoms with Gasteiger partial charge in [-0.3, -0.25) is 29.4 Å². The smallest absolute Gasteiger partial charge is 0.335 e. The third kappa shape index (κ3) is 5.00. The van der Waals surface area contributed by atoms with Crippen molar-refractivity contribution in [1.82, 2.24) is 4.90 Å². The first kappa shape index (κ1) is 23.9. The van der Waals surface area contributed by atoms with E-state index in [1.165, 1.54) is 42.5 Å². The van der Waals surface area contributed by atoms with Gasteiger partial charge < -0.3 is 9.52 Å². The van der Waals surface area contributed by atoms with Gasteiger partial charge in [0.25, 0.3) is 16.8 Å². The number of aromatic carboxylic acids is 1. The molecule has 10 nitrogen and oxygen atoms in total. The molecule has 1 N–H and O–H groups in total. The number of hydrogen-bond acceptors (Lipinski definition) is 8. The normalized spacial score (nSPS) is 14.5. The van der Waals surface area contributed by atoms with Crippen LogP contribution in [0.4, 0.5) is 10.5 Å². The van der Waals surface area contributed by atoms with Gasteiger partial charge in [0.05, 0.1) is 27.0 Å². The molecule has 0 spiro atoms. The number of imide groups is 1. The van der Waals surface area contributed by atoms with Gasteiger partial charge in [-0.05, 0) is 54.2 Å². The molecule has 0 atom stereocenters. The second-order valence-electron chi connectivity index (χ2n) is 7.20. The lowest BCUT2D eigenvalue weighted by atomic mass is 10.1. The summed E-state index contributed by atoms with van der Waals surface area (Å²) in [6.45, 7) is -0.527. The van der Waals surface area contributed by atoms with E-state index >= 15 is 0 Å². The maximum absolute atomic E-state index is 12.7. The van der Waals surface area contributed by atoms with Crippen molar-refractivity contribution >= 4 is 58.0 Å². The number of carbonyl (C=O) groups is 4. The fourth-order valence-electron chi connectivity index (χ4n) is 3.19. The number of nitro groups is 1. The average molecular weight is 513 g/mol. The standard InChI is InChI=1S/C23H13ClN2O8S/c24-17-7-3-13(22(29)30)9-16(17)19-8-6-15(34-19)10-20-21(28)25(23(31)35-20)11-18(27)12-1-4-14(5-2-12)26(32)33/h1-10H,11H2,(H,29,30)/b20-10-. The summed E-state index contributed by atoms with van der Waals surface area (Å²) in [7, 11) is 0. The Kier molecular flexibility index (Phi) is 6.54. The summed E-state index contributed by atoms with van der Waals surface area (Å²) in [5.41, 5.74) is 0.286. The second kappa shape index (κ2) is 9.57. The van der Waals surface area contributed by atoms with Crippen LogP contribution in [0.2, 0.25) is 5.02 Å². The highest BCUT2D eigenvalue weighted by Crippen LogP contribution is 2.35. The highest BCUT2D eigenvalue weighted by atomic mass is 35.5. The first-order chi connectivity index (χ1) is 16.6. The molecular weight excluding hydrogens is 500 g/mol. The number of hydrogen-bond donors (Lipinski definition) is 1. The van der Waals surface area contributed by atoms with Crippen LogP contribution < -0.4 is 0 Å². The highest BCUT2D eigenvalue weighted by Gasteiger charge is 2.36. The van der Waals surface area contributed by atoms with Gasteiger partial charge in [-0.15, -0.1) is 0 Å². The monoisotopic (exact) mass is 512 g/mol. The van der Waals surface area contributed by atoms with E-state index in [1.54, 1.807) is 6.07 Å². The Bertz CT molecular complexity index is 1430. The third-order valence-electron chi connectivity index (χ3n) is 4.95. The summed E-state index contributed by atoms with van der Waals surface area (Å²) >= 11 is 6.78. The van der Waals surface area contributed by atoms with Gasteiger partial charge in [-0.2, -0.15) is 0 Å². The molecule has 0 bridgehead atoms. The minimum atomic E-state index is -1.13. The Balaban J connectivity index is 1.51. The molecule has 12 heteroatoms. The van der Waals surface area contributed by atoms with E-state index in [4.69, 9.17) is 16.0 Å². The lowest BCUT2D eigenvalue weighted by molar-refractivity contribution is -0.384. The highest BCUT2D eigenvalue weighted by molar-refractivity contribution is 8.18. The topological polar surface area (TPSA) is 148 Å². The van der Waals surface area contributed by atoms with Crippen LogP contribution in [0.15, 0.2) is 63.9 Å². The van der Waals surface area contributed by atoms with Gasteiger partial charge in [0.1, 0.15) is 11.5 Å². The van der Waals surface area contributed by atoms with Crippen molar-refractivity contribution in [1.29, 1.82) is 0 Å². The van der Waals surface area contributed by atoms with Gasteiger partial charge in [-0.1, -0.05) is 11.6 Å². The molecular formula is C23H13ClN2O8S. The third-order valence-corrected chi connectivity index (χ3v) is 6.19. The molecule has 1 aliphatic heterocycles. The van der Waals surface area contributed by atoms with Crippen LogP contribution in [0.25, 0.3) is 17.4 Å². The van der Waals surface area contributed by atoms with Crippen LogP contribution in [0.1, 0.15) is 26.5 Å². The number of furan rings is 1. The quantitative estimate of drug-likeness (QED) is 0.197. The number of halogens is 1. The molecule has 2 aromatic carbocycles. The molecule has 1 aliphatic rings. The van der Waals surface area contributed by atoms with E-state index in [2.05, 4.69) is 0 Å². The number of rotatable bonds is 7. The van der Waals surface area contributed by atoms with Gasteiger partial charge in [-0.25, -0.2) is 4.79 Å². The number of thioether (sulfide) groups is 1. The predicted octanol–water partition coefficient (Wildman–Crippen LogP) is 5.13. The lowest BCUT2D eigenvalue weighted by Crippen LogP contribution is -2.33. The molecule has 35 heavy (non-hydrogen) atoms. The number of ketones is 1. The molecule has 176 valence electrons. The number of carbonyl (C=O) groups excluding carboxylic acids is 3. The van der Waals surface area contributed by atoms with Crippen LogP contribution in [-0.2, 0) is 4.79 Å². The van der Waals surface area contributed by atoms with Crippen molar-refractivity contribution < 1.29 is 33.6 Å². The van der Waals surface area contributed by atoms with Crippen molar-refractivity contribution in [2.45, 2.75) is 0 Å². The Morgan fingerprint density at radius 1 is 1.09 bits per heavy atom. The number of amides is 2. The summed E-state index contributed by atoms with van der Waals surface area (Å²) in [6, 6.07) is 12.0. The molecule has 2 heterocycles. The Morgan fingerprint density at radius 2 is 1.77 bits per heavy atom. The summed E-state index contributed by atoms with van der Waals surface area (Å²) in [5.74, 6) is -1.91. The molecule has 1 saturated heterocycles. The molecule has 0 radical (unpaired) electrons. The van der Waals surface area contributed by atoms with Gasteiger partial charge in [0, 0.05) is 29.3 Å². The Morgan fingerprint density at radius 3 is 2.43 bits per heavy atom. The van der Waals surface area contributed by atoms with Gasteiger partial charge in [0.2, 0.25) is 0 Å². The SMILES string of the molecule is O=C(O)c1ccc(Cl)c(-c2ccc(/C=C3\SC(=O)N(CC(=O)c4ccc([N+](=O)[O-])cc4)C3=O)o2)c1. The second-order valence-corrected chi connectivity index (χ2v) is 8.60. The minimum absolute atomic E-state index is 0.0150. The number of carboxylic acid groups (broad SMARTS) is 1. The molecule has 2 amide bonds. The zero-order valence-electron chi connectivity index (χ0n) is 17.5. The first-order valence-corrected chi connectivity index (χ1v) is 11.0. The van der Waals surface area contributed by atoms with Gasteiger partial charge in [0.15, 0.2) is 5.78 Å². The summed E-state index contributed by atoms with van der Waals surface area (Å²) in [4.78, 5) is 59.7. The molecule has 1 aromatic heterocycles. The maximum atomic E-state index is 12.7. The molecule has 1 fully saturated rings. The van der Waals surface area contributed by atoms with E-state index in [1.807, 2.05) is 0 Å².